The predicted molar refractivity (Wildman–Crippen MR) is 217 cm³/mol. The Morgan fingerprint density at radius 2 is 0.852 bits per heavy atom. The van der Waals surface area contributed by atoms with E-state index >= 15 is 0 Å². The van der Waals surface area contributed by atoms with Crippen LogP contribution in [0.4, 0.5) is 0 Å². The van der Waals surface area contributed by atoms with Crippen molar-refractivity contribution in [1.82, 2.24) is 23.9 Å². The summed E-state index contributed by atoms with van der Waals surface area (Å²) in [6, 6.07) is 52.3. The number of benzene rings is 6. The molecule has 7 nitrogen and oxygen atoms in total. The maximum atomic E-state index is 6.35. The van der Waals surface area contributed by atoms with Crippen molar-refractivity contribution in [3.63, 3.8) is 0 Å². The second kappa shape index (κ2) is 10.1. The van der Waals surface area contributed by atoms with Crippen molar-refractivity contribution in [2.45, 2.75) is 0 Å². The van der Waals surface area contributed by atoms with Crippen LogP contribution in [0, 0.1) is 0 Å². The molecule has 0 unspecified atom stereocenters. The van der Waals surface area contributed by atoms with Crippen LogP contribution in [-0.2, 0) is 0 Å². The lowest BCUT2D eigenvalue weighted by Gasteiger charge is -2.12. The van der Waals surface area contributed by atoms with Crippen LogP contribution in [0.1, 0.15) is 0 Å². The van der Waals surface area contributed by atoms with Crippen LogP contribution < -0.4 is 0 Å². The number of nitrogens with zero attached hydrogens (tertiary/aromatic N) is 5. The predicted octanol–water partition coefficient (Wildman–Crippen LogP) is 12.1. The van der Waals surface area contributed by atoms with E-state index in [1.54, 1.807) is 0 Å². The highest BCUT2D eigenvalue weighted by Crippen LogP contribution is 2.45. The molecule has 250 valence electrons. The molecular weight excluding hydrogens is 667 g/mol. The molecule has 0 saturated heterocycles. The van der Waals surface area contributed by atoms with Crippen LogP contribution in [0.5, 0.6) is 0 Å². The van der Waals surface area contributed by atoms with Gasteiger partial charge in [-0.05, 0) is 42.5 Å². The highest BCUT2D eigenvalue weighted by Gasteiger charge is 2.27. The molecule has 0 saturated carbocycles. The van der Waals surface area contributed by atoms with Crippen LogP contribution in [0.25, 0.3) is 122 Å². The van der Waals surface area contributed by atoms with Crippen molar-refractivity contribution in [3.05, 3.63) is 152 Å². The van der Waals surface area contributed by atoms with Gasteiger partial charge in [0.2, 0.25) is 5.95 Å². The van der Waals surface area contributed by atoms with Crippen molar-refractivity contribution in [1.29, 1.82) is 0 Å². The van der Waals surface area contributed by atoms with Gasteiger partial charge in [0.05, 0.1) is 27.6 Å². The zero-order valence-corrected chi connectivity index (χ0v) is 28.5. The minimum Gasteiger partial charge on any atom is -0.456 e. The van der Waals surface area contributed by atoms with Crippen LogP contribution in [0.15, 0.2) is 160 Å². The lowest BCUT2D eigenvalue weighted by Crippen LogP contribution is -2.06. The van der Waals surface area contributed by atoms with Gasteiger partial charge in [-0.15, -0.1) is 0 Å². The first-order valence-corrected chi connectivity index (χ1v) is 18.0. The number of hydrogen-bond acceptors (Lipinski definition) is 5. The molecule has 54 heavy (non-hydrogen) atoms. The molecule has 7 heteroatoms. The summed E-state index contributed by atoms with van der Waals surface area (Å²) in [6.45, 7) is 0. The molecule has 0 atom stereocenters. The van der Waals surface area contributed by atoms with Gasteiger partial charge in [0.15, 0.2) is 11.6 Å². The molecule has 13 rings (SSSR count). The maximum Gasteiger partial charge on any atom is 0.238 e. The number of furan rings is 2. The third kappa shape index (κ3) is 3.53. The Kier molecular flexibility index (Phi) is 5.25. The van der Waals surface area contributed by atoms with Crippen molar-refractivity contribution < 1.29 is 8.83 Å². The average molecular weight is 692 g/mol. The lowest BCUT2D eigenvalue weighted by molar-refractivity contribution is 0.668. The van der Waals surface area contributed by atoms with Gasteiger partial charge in [0, 0.05) is 54.2 Å². The fraction of sp³-hybridized carbons (Fsp3) is 0. The Balaban J connectivity index is 1.22. The average Bonchev–Trinajstić information content (AvgIpc) is 4.03. The van der Waals surface area contributed by atoms with E-state index in [4.69, 9.17) is 23.8 Å². The van der Waals surface area contributed by atoms with E-state index in [-0.39, 0.29) is 0 Å². The van der Waals surface area contributed by atoms with E-state index in [2.05, 4.69) is 100.0 Å². The zero-order valence-electron chi connectivity index (χ0n) is 28.5. The maximum absolute atomic E-state index is 6.35. The molecule has 6 aromatic carbocycles. The van der Waals surface area contributed by atoms with E-state index in [9.17, 15) is 0 Å². The molecule has 0 radical (unpaired) electrons. The number of pyridine rings is 1. The third-order valence-electron chi connectivity index (χ3n) is 11.1. The van der Waals surface area contributed by atoms with Gasteiger partial charge in [0.1, 0.15) is 22.3 Å². The summed E-state index contributed by atoms with van der Waals surface area (Å²) in [5, 5.41) is 8.68. The van der Waals surface area contributed by atoms with Crippen LogP contribution in [0.2, 0.25) is 0 Å². The lowest BCUT2D eigenvalue weighted by atomic mass is 10.0. The number of fused-ring (bicyclic) bond motifs is 14. The third-order valence-corrected chi connectivity index (χ3v) is 11.1. The smallest absolute Gasteiger partial charge is 0.238 e. The first-order chi connectivity index (χ1) is 26.8. The van der Waals surface area contributed by atoms with E-state index in [0.29, 0.717) is 17.6 Å². The number of para-hydroxylation sites is 3. The van der Waals surface area contributed by atoms with Crippen LogP contribution in [-0.4, -0.2) is 23.9 Å². The van der Waals surface area contributed by atoms with Gasteiger partial charge < -0.3 is 13.2 Å². The Morgan fingerprint density at radius 3 is 1.52 bits per heavy atom. The first kappa shape index (κ1) is 28.1. The minimum atomic E-state index is 0.536. The van der Waals surface area contributed by atoms with Crippen LogP contribution in [0.3, 0.4) is 0 Å². The van der Waals surface area contributed by atoms with Gasteiger partial charge in [-0.1, -0.05) is 109 Å². The number of rotatable bonds is 3. The monoisotopic (exact) mass is 691 g/mol. The summed E-state index contributed by atoms with van der Waals surface area (Å²) < 4.78 is 17.4. The molecule has 0 aliphatic rings. The fourth-order valence-corrected chi connectivity index (χ4v) is 8.98. The zero-order chi connectivity index (χ0) is 35.1. The van der Waals surface area contributed by atoms with Crippen LogP contribution >= 0.6 is 0 Å². The van der Waals surface area contributed by atoms with Gasteiger partial charge in [-0.3, -0.25) is 4.57 Å². The number of hydrogen-bond donors (Lipinski definition) is 0. The summed E-state index contributed by atoms with van der Waals surface area (Å²) in [4.78, 5) is 16.2. The summed E-state index contributed by atoms with van der Waals surface area (Å²) in [7, 11) is 0. The Morgan fingerprint density at radius 1 is 0.352 bits per heavy atom. The molecule has 0 spiro atoms. The fourth-order valence-electron chi connectivity index (χ4n) is 8.98. The standard InChI is InChI=1S/C47H25N5O2/c1-2-13-27-26(12-1)33-20-11-21-35-42-28-14-3-6-19-34(28)52(44(42)43(27)51(33)35)47-49-45(31-17-9-24-38-40(31)29-15-4-7-22-36(29)53-38)48-46(50-47)32-18-10-25-39-41(32)30-16-5-8-23-37(30)54-39/h1-25H. The van der Waals surface area contributed by atoms with E-state index in [0.717, 1.165) is 82.5 Å². The highest BCUT2D eigenvalue weighted by atomic mass is 16.3. The van der Waals surface area contributed by atoms with Crippen molar-refractivity contribution in [2.24, 2.45) is 0 Å². The Labute approximate surface area is 305 Å². The molecule has 0 bridgehead atoms. The topological polar surface area (TPSA) is 74.3 Å². The molecular formula is C47H25N5O2. The largest absolute Gasteiger partial charge is 0.456 e. The molecule has 7 aromatic heterocycles. The molecule has 0 amide bonds. The summed E-state index contributed by atoms with van der Waals surface area (Å²) >= 11 is 0. The summed E-state index contributed by atoms with van der Waals surface area (Å²) in [5.41, 5.74) is 10.5. The van der Waals surface area contributed by atoms with Crippen molar-refractivity contribution >= 4 is 93.0 Å². The van der Waals surface area contributed by atoms with Crippen molar-refractivity contribution in [3.8, 4) is 28.7 Å². The molecule has 0 N–H and O–H groups in total. The quantitative estimate of drug-likeness (QED) is 0.184. The number of aromatic nitrogens is 5. The SMILES string of the molecule is c1ccc2c(c1)oc1cccc(-c3nc(-c4cccc5oc6ccccc6c45)nc(-n4c5ccccc5c5c4c4c6ccccc6c6cccc5n64)n3)c12. The summed E-state index contributed by atoms with van der Waals surface area (Å²) in [5.74, 6) is 1.65. The minimum absolute atomic E-state index is 0.536. The molecule has 13 aromatic rings. The van der Waals surface area contributed by atoms with Crippen molar-refractivity contribution in [2.75, 3.05) is 0 Å². The molecule has 0 aliphatic heterocycles. The second-order valence-electron chi connectivity index (χ2n) is 13.9. The highest BCUT2D eigenvalue weighted by molar-refractivity contribution is 6.29. The molecule has 0 fully saturated rings. The second-order valence-corrected chi connectivity index (χ2v) is 13.9. The van der Waals surface area contributed by atoms with Gasteiger partial charge in [-0.25, -0.2) is 4.98 Å². The normalized spacial score (nSPS) is 12.4. The van der Waals surface area contributed by atoms with Gasteiger partial charge >= 0.3 is 0 Å². The van der Waals surface area contributed by atoms with Gasteiger partial charge in [0.25, 0.3) is 0 Å². The first-order valence-electron chi connectivity index (χ1n) is 18.0. The Hall–Kier alpha value is -7.51. The molecule has 7 heterocycles. The Bertz CT molecular complexity index is 3560. The molecule has 0 aliphatic carbocycles. The van der Waals surface area contributed by atoms with Gasteiger partial charge in [-0.2, -0.15) is 9.97 Å². The van der Waals surface area contributed by atoms with E-state index < -0.39 is 0 Å². The van der Waals surface area contributed by atoms with E-state index in [1.807, 2.05) is 60.7 Å². The van der Waals surface area contributed by atoms with E-state index in [1.165, 1.54) is 21.7 Å². The summed E-state index contributed by atoms with van der Waals surface area (Å²) in [6.07, 6.45) is 0.